The highest BCUT2D eigenvalue weighted by molar-refractivity contribution is 5.76. The number of carbonyl (C=O) groups excluding carboxylic acids is 1. The van der Waals surface area contributed by atoms with E-state index in [9.17, 15) is 27.5 Å². The van der Waals surface area contributed by atoms with E-state index >= 15 is 0 Å². The lowest BCUT2D eigenvalue weighted by Crippen LogP contribution is -2.26. The molecule has 0 aromatic heterocycles. The summed E-state index contributed by atoms with van der Waals surface area (Å²) in [5, 5.41) is 10.1. The van der Waals surface area contributed by atoms with Gasteiger partial charge in [0.15, 0.2) is 23.1 Å². The minimum Gasteiger partial charge on any atom is -0.490 e. The number of hydrogen-bond acceptors (Lipinski definition) is 4. The largest absolute Gasteiger partial charge is 0.490 e. The van der Waals surface area contributed by atoms with Crippen molar-refractivity contribution >= 4 is 5.97 Å². The minimum atomic E-state index is -1.27. The van der Waals surface area contributed by atoms with Crippen molar-refractivity contribution in [3.8, 4) is 22.6 Å². The van der Waals surface area contributed by atoms with Crippen molar-refractivity contribution in [3.05, 3.63) is 95.6 Å². The smallest absolute Gasteiger partial charge is 0.314 e. The van der Waals surface area contributed by atoms with Crippen molar-refractivity contribution in [3.63, 3.8) is 0 Å². The van der Waals surface area contributed by atoms with Crippen molar-refractivity contribution in [2.24, 2.45) is 5.92 Å². The molecular formula is C33H34F4O4. The second-order valence-electron chi connectivity index (χ2n) is 10.3. The highest BCUT2D eigenvalue weighted by atomic mass is 19.2. The first-order valence-corrected chi connectivity index (χ1v) is 13.9. The molecule has 1 aliphatic carbocycles. The number of aliphatic hydroxyl groups excluding tert-OH is 1. The first-order valence-electron chi connectivity index (χ1n) is 13.9. The summed E-state index contributed by atoms with van der Waals surface area (Å²) in [6.07, 6.45) is 4.39. The standard InChI is InChI=1S/C33H34F4O4/c1-3-5-19-40-27-17-15-24(29(34)31(27)36)21-9-13-23(14-10-21)33(39)41-28-18-16-25(30(35)32(28)37)20-7-11-22(12-8-20)26(38)6-4-2/h3,7-8,11-12,15-18,21,23,26,38H,1,4-6,9-10,13-14,19H2,2H3. The lowest BCUT2D eigenvalue weighted by molar-refractivity contribution is -0.140. The maximum absolute atomic E-state index is 14.9. The SMILES string of the molecule is C=CCCOc1ccc(C2CCC(C(=O)Oc3ccc(-c4ccc(C(O)CCC)cc4)c(F)c3F)CC2)c(F)c1F. The van der Waals surface area contributed by atoms with Gasteiger partial charge in [0.25, 0.3) is 0 Å². The summed E-state index contributed by atoms with van der Waals surface area (Å²) in [6.45, 7) is 5.71. The number of aliphatic hydroxyl groups is 1. The van der Waals surface area contributed by atoms with Crippen molar-refractivity contribution in [1.82, 2.24) is 0 Å². The average Bonchev–Trinajstić information content (AvgIpc) is 2.98. The quantitative estimate of drug-likeness (QED) is 0.0825. The number of ether oxygens (including phenoxy) is 2. The lowest BCUT2D eigenvalue weighted by Gasteiger charge is -2.28. The highest BCUT2D eigenvalue weighted by Crippen LogP contribution is 2.40. The second kappa shape index (κ2) is 13.8. The van der Waals surface area contributed by atoms with Gasteiger partial charge in [-0.3, -0.25) is 4.79 Å². The Bertz CT molecular complexity index is 1360. The zero-order valence-electron chi connectivity index (χ0n) is 23.0. The van der Waals surface area contributed by atoms with Gasteiger partial charge in [-0.05, 0) is 79.3 Å². The molecule has 1 unspecified atom stereocenters. The maximum atomic E-state index is 14.9. The van der Waals surface area contributed by atoms with Gasteiger partial charge in [0, 0.05) is 5.56 Å². The number of esters is 1. The zero-order chi connectivity index (χ0) is 29.5. The van der Waals surface area contributed by atoms with Gasteiger partial charge in [0.05, 0.1) is 18.6 Å². The Hall–Kier alpha value is -3.65. The van der Waals surface area contributed by atoms with Gasteiger partial charge in [0.2, 0.25) is 11.6 Å². The molecule has 1 saturated carbocycles. The van der Waals surface area contributed by atoms with Crippen LogP contribution in [0.3, 0.4) is 0 Å². The molecule has 1 aliphatic rings. The predicted molar refractivity (Wildman–Crippen MR) is 149 cm³/mol. The van der Waals surface area contributed by atoms with Crippen LogP contribution in [0.4, 0.5) is 17.6 Å². The molecule has 41 heavy (non-hydrogen) atoms. The molecule has 0 aliphatic heterocycles. The molecule has 1 N–H and O–H groups in total. The van der Waals surface area contributed by atoms with Crippen LogP contribution >= 0.6 is 0 Å². The summed E-state index contributed by atoms with van der Waals surface area (Å²) in [5.41, 5.74) is 1.34. The first-order chi connectivity index (χ1) is 19.7. The fourth-order valence-electron chi connectivity index (χ4n) is 5.22. The van der Waals surface area contributed by atoms with Crippen molar-refractivity contribution in [1.29, 1.82) is 0 Å². The minimum absolute atomic E-state index is 0.00530. The fourth-order valence-corrected chi connectivity index (χ4v) is 5.22. The molecule has 0 heterocycles. The molecule has 3 aromatic rings. The Morgan fingerprint density at radius 1 is 0.927 bits per heavy atom. The van der Waals surface area contributed by atoms with Gasteiger partial charge in [0.1, 0.15) is 0 Å². The van der Waals surface area contributed by atoms with E-state index in [4.69, 9.17) is 9.47 Å². The van der Waals surface area contributed by atoms with E-state index in [1.165, 1.54) is 24.3 Å². The van der Waals surface area contributed by atoms with Crippen LogP contribution < -0.4 is 9.47 Å². The molecule has 0 saturated heterocycles. The monoisotopic (exact) mass is 570 g/mol. The Labute approximate surface area is 237 Å². The Balaban J connectivity index is 1.37. The topological polar surface area (TPSA) is 55.8 Å². The molecule has 0 bridgehead atoms. The van der Waals surface area contributed by atoms with Crippen molar-refractivity contribution in [2.75, 3.05) is 6.61 Å². The molecule has 1 fully saturated rings. The Morgan fingerprint density at radius 3 is 2.24 bits per heavy atom. The number of carbonyl (C=O) groups is 1. The molecule has 4 rings (SSSR count). The highest BCUT2D eigenvalue weighted by Gasteiger charge is 2.31. The summed E-state index contributed by atoms with van der Waals surface area (Å²) < 4.78 is 69.6. The van der Waals surface area contributed by atoms with E-state index < -0.39 is 47.0 Å². The van der Waals surface area contributed by atoms with Crippen molar-refractivity contribution < 1.29 is 36.9 Å². The van der Waals surface area contributed by atoms with Crippen LogP contribution in [0.25, 0.3) is 11.1 Å². The van der Waals surface area contributed by atoms with E-state index in [0.717, 1.165) is 6.42 Å². The molecule has 0 amide bonds. The number of benzene rings is 3. The molecule has 4 nitrogen and oxygen atoms in total. The van der Waals surface area contributed by atoms with Crippen LogP contribution in [-0.4, -0.2) is 17.7 Å². The Morgan fingerprint density at radius 2 is 1.59 bits per heavy atom. The predicted octanol–water partition coefficient (Wildman–Crippen LogP) is 8.58. The molecule has 0 radical (unpaired) electrons. The zero-order valence-corrected chi connectivity index (χ0v) is 23.0. The third-order valence-electron chi connectivity index (χ3n) is 7.58. The van der Waals surface area contributed by atoms with Crippen LogP contribution in [0.15, 0.2) is 61.2 Å². The third kappa shape index (κ3) is 6.99. The summed E-state index contributed by atoms with van der Waals surface area (Å²) in [5.74, 6) is -6.65. The van der Waals surface area contributed by atoms with Gasteiger partial charge in [-0.15, -0.1) is 6.58 Å². The normalized spacial score (nSPS) is 17.6. The van der Waals surface area contributed by atoms with Crippen LogP contribution in [0.1, 0.15) is 75.0 Å². The summed E-state index contributed by atoms with van der Waals surface area (Å²) >= 11 is 0. The summed E-state index contributed by atoms with van der Waals surface area (Å²) in [7, 11) is 0. The third-order valence-corrected chi connectivity index (χ3v) is 7.58. The van der Waals surface area contributed by atoms with E-state index in [2.05, 4.69) is 6.58 Å². The van der Waals surface area contributed by atoms with E-state index in [1.54, 1.807) is 30.3 Å². The molecule has 8 heteroatoms. The van der Waals surface area contributed by atoms with Gasteiger partial charge in [-0.2, -0.15) is 8.78 Å². The number of hydrogen-bond donors (Lipinski definition) is 1. The van der Waals surface area contributed by atoms with Crippen LogP contribution in [-0.2, 0) is 4.79 Å². The molecule has 1 atom stereocenters. The lowest BCUT2D eigenvalue weighted by atomic mass is 9.78. The van der Waals surface area contributed by atoms with Crippen molar-refractivity contribution in [2.45, 2.75) is 63.9 Å². The Kier molecular flexibility index (Phi) is 10.2. The summed E-state index contributed by atoms with van der Waals surface area (Å²) in [6, 6.07) is 12.0. The van der Waals surface area contributed by atoms with Gasteiger partial charge < -0.3 is 14.6 Å². The average molecular weight is 571 g/mol. The van der Waals surface area contributed by atoms with E-state index in [0.29, 0.717) is 49.7 Å². The van der Waals surface area contributed by atoms with Gasteiger partial charge in [-0.25, -0.2) is 8.78 Å². The molecule has 3 aromatic carbocycles. The first kappa shape index (κ1) is 30.3. The molecule has 0 spiro atoms. The van der Waals surface area contributed by atoms with Crippen LogP contribution in [0, 0.1) is 29.2 Å². The van der Waals surface area contributed by atoms with Gasteiger partial charge in [-0.1, -0.05) is 49.8 Å². The second-order valence-corrected chi connectivity index (χ2v) is 10.3. The van der Waals surface area contributed by atoms with Crippen LogP contribution in [0.2, 0.25) is 0 Å². The van der Waals surface area contributed by atoms with E-state index in [-0.39, 0.29) is 29.4 Å². The van der Waals surface area contributed by atoms with Gasteiger partial charge >= 0.3 is 5.97 Å². The number of halogens is 4. The summed E-state index contributed by atoms with van der Waals surface area (Å²) in [4.78, 5) is 12.8. The molecule has 218 valence electrons. The maximum Gasteiger partial charge on any atom is 0.314 e. The number of rotatable bonds is 11. The fraction of sp³-hybridized carbons (Fsp3) is 0.364. The van der Waals surface area contributed by atoms with E-state index in [1.807, 2.05) is 6.92 Å². The molecular weight excluding hydrogens is 536 g/mol. The van der Waals surface area contributed by atoms with Crippen LogP contribution in [0.5, 0.6) is 11.5 Å².